The Morgan fingerprint density at radius 2 is 2.20 bits per heavy atom. The van der Waals surface area contributed by atoms with Crippen molar-refractivity contribution in [2.45, 2.75) is 13.5 Å². The van der Waals surface area contributed by atoms with Crippen molar-refractivity contribution in [2.75, 3.05) is 0 Å². The minimum atomic E-state index is 0.392. The first kappa shape index (κ1) is 10.2. The van der Waals surface area contributed by atoms with E-state index in [9.17, 15) is 0 Å². The fourth-order valence-corrected chi connectivity index (χ4v) is 1.59. The van der Waals surface area contributed by atoms with Crippen LogP contribution in [0.2, 0.25) is 0 Å². The van der Waals surface area contributed by atoms with Crippen molar-refractivity contribution < 1.29 is 9.26 Å². The third-order valence-corrected chi connectivity index (χ3v) is 2.54. The van der Waals surface area contributed by atoms with E-state index in [1.807, 2.05) is 37.3 Å². The second kappa shape index (κ2) is 4.49. The monoisotopic (exact) mass is 267 g/mol. The van der Waals surface area contributed by atoms with Crippen LogP contribution in [0.1, 0.15) is 11.5 Å². The van der Waals surface area contributed by atoms with E-state index in [4.69, 9.17) is 9.26 Å². The largest absolute Gasteiger partial charge is 0.484 e. The Kier molecular flexibility index (Phi) is 3.06. The van der Waals surface area contributed by atoms with Gasteiger partial charge in [-0.15, -0.1) is 0 Å². The van der Waals surface area contributed by atoms with Gasteiger partial charge in [-0.05, 0) is 35.0 Å². The molecule has 0 atom stereocenters. The van der Waals surface area contributed by atoms with Gasteiger partial charge in [-0.2, -0.15) is 0 Å². The van der Waals surface area contributed by atoms with Gasteiger partial charge < -0.3 is 9.26 Å². The van der Waals surface area contributed by atoms with Crippen LogP contribution in [0.15, 0.2) is 39.3 Å². The third-order valence-electron chi connectivity index (χ3n) is 1.88. The Morgan fingerprint density at radius 3 is 2.87 bits per heavy atom. The van der Waals surface area contributed by atoms with Crippen molar-refractivity contribution in [3.8, 4) is 5.75 Å². The van der Waals surface area contributed by atoms with Crippen LogP contribution in [0.25, 0.3) is 0 Å². The van der Waals surface area contributed by atoms with Gasteiger partial charge in [-0.25, -0.2) is 0 Å². The maximum absolute atomic E-state index is 5.56. The van der Waals surface area contributed by atoms with Crippen molar-refractivity contribution >= 4 is 15.9 Å². The van der Waals surface area contributed by atoms with Crippen LogP contribution in [0.5, 0.6) is 5.75 Å². The normalized spacial score (nSPS) is 10.3. The van der Waals surface area contributed by atoms with Crippen LogP contribution in [-0.2, 0) is 6.61 Å². The van der Waals surface area contributed by atoms with E-state index in [-0.39, 0.29) is 0 Å². The Bertz CT molecular complexity index is 453. The summed E-state index contributed by atoms with van der Waals surface area (Å²) < 4.78 is 11.5. The summed E-state index contributed by atoms with van der Waals surface area (Å²) in [7, 11) is 0. The van der Waals surface area contributed by atoms with Crippen molar-refractivity contribution in [2.24, 2.45) is 0 Å². The zero-order valence-corrected chi connectivity index (χ0v) is 9.82. The maximum Gasteiger partial charge on any atom is 0.174 e. The van der Waals surface area contributed by atoms with Gasteiger partial charge in [-0.3, -0.25) is 0 Å². The molecule has 0 amide bonds. The number of aromatic nitrogens is 1. The molecule has 2 aromatic rings. The summed E-state index contributed by atoms with van der Waals surface area (Å²) in [6.07, 6.45) is 0. The van der Waals surface area contributed by atoms with Crippen LogP contribution < -0.4 is 4.74 Å². The third kappa shape index (κ3) is 2.59. The molecular weight excluding hydrogens is 258 g/mol. The van der Waals surface area contributed by atoms with E-state index < -0.39 is 0 Å². The van der Waals surface area contributed by atoms with E-state index in [1.54, 1.807) is 0 Å². The molecule has 78 valence electrons. The quantitative estimate of drug-likeness (QED) is 0.856. The van der Waals surface area contributed by atoms with E-state index in [1.165, 1.54) is 0 Å². The molecule has 0 saturated heterocycles. The predicted molar refractivity (Wildman–Crippen MR) is 59.7 cm³/mol. The average molecular weight is 268 g/mol. The number of benzene rings is 1. The molecule has 0 fully saturated rings. The molecule has 0 unspecified atom stereocenters. The number of hydrogen-bond acceptors (Lipinski definition) is 3. The number of halogens is 1. The molecule has 0 aliphatic carbocycles. The van der Waals surface area contributed by atoms with Crippen LogP contribution in [0.3, 0.4) is 0 Å². The van der Waals surface area contributed by atoms with Gasteiger partial charge in [0.25, 0.3) is 0 Å². The van der Waals surface area contributed by atoms with E-state index in [0.29, 0.717) is 6.61 Å². The summed E-state index contributed by atoms with van der Waals surface area (Å²) in [6.45, 7) is 2.27. The molecule has 15 heavy (non-hydrogen) atoms. The maximum atomic E-state index is 5.56. The molecule has 0 saturated carbocycles. The highest BCUT2D eigenvalue weighted by atomic mass is 79.9. The van der Waals surface area contributed by atoms with Crippen LogP contribution in [0.4, 0.5) is 0 Å². The first-order chi connectivity index (χ1) is 7.25. The molecule has 0 radical (unpaired) electrons. The molecule has 0 spiro atoms. The van der Waals surface area contributed by atoms with Gasteiger partial charge in [0.2, 0.25) is 0 Å². The lowest BCUT2D eigenvalue weighted by Gasteiger charge is -2.04. The second-order valence-electron chi connectivity index (χ2n) is 3.15. The number of rotatable bonds is 3. The van der Waals surface area contributed by atoms with Crippen molar-refractivity contribution in [3.05, 3.63) is 46.3 Å². The molecule has 1 heterocycles. The van der Waals surface area contributed by atoms with Gasteiger partial charge in [0, 0.05) is 6.07 Å². The number of ether oxygens (including phenoxy) is 1. The number of nitrogens with zero attached hydrogens (tertiary/aromatic N) is 1. The van der Waals surface area contributed by atoms with E-state index in [2.05, 4.69) is 21.1 Å². The molecule has 0 N–H and O–H groups in total. The molecule has 1 aromatic heterocycles. The Morgan fingerprint density at radius 1 is 1.40 bits per heavy atom. The van der Waals surface area contributed by atoms with Gasteiger partial charge in [0.1, 0.15) is 12.4 Å². The zero-order valence-electron chi connectivity index (χ0n) is 8.24. The van der Waals surface area contributed by atoms with Crippen molar-refractivity contribution in [1.82, 2.24) is 5.16 Å². The molecule has 0 bridgehead atoms. The summed E-state index contributed by atoms with van der Waals surface area (Å²) >= 11 is 3.40. The minimum absolute atomic E-state index is 0.392. The van der Waals surface area contributed by atoms with Gasteiger partial charge in [-0.1, -0.05) is 17.3 Å². The highest BCUT2D eigenvalue weighted by Crippen LogP contribution is 2.24. The first-order valence-electron chi connectivity index (χ1n) is 4.55. The van der Waals surface area contributed by atoms with Crippen LogP contribution in [0, 0.1) is 6.92 Å². The minimum Gasteiger partial charge on any atom is -0.484 e. The Hall–Kier alpha value is -1.29. The topological polar surface area (TPSA) is 35.3 Å². The summed E-state index contributed by atoms with van der Waals surface area (Å²) in [6, 6.07) is 9.55. The number of hydrogen-bond donors (Lipinski definition) is 0. The molecule has 4 heteroatoms. The number of para-hydroxylation sites is 1. The van der Waals surface area contributed by atoms with Gasteiger partial charge in [0.15, 0.2) is 5.76 Å². The number of aryl methyl sites for hydroxylation is 1. The highest BCUT2D eigenvalue weighted by molar-refractivity contribution is 9.10. The summed E-state index contributed by atoms with van der Waals surface area (Å²) in [5.74, 6) is 1.52. The Balaban J connectivity index is 2.02. The summed E-state index contributed by atoms with van der Waals surface area (Å²) in [5, 5.41) is 3.78. The molecule has 3 nitrogen and oxygen atoms in total. The smallest absolute Gasteiger partial charge is 0.174 e. The highest BCUT2D eigenvalue weighted by Gasteiger charge is 2.03. The Labute approximate surface area is 96.2 Å². The first-order valence-corrected chi connectivity index (χ1v) is 5.34. The molecule has 0 aliphatic heterocycles. The fraction of sp³-hybridized carbons (Fsp3) is 0.182. The molecule has 2 rings (SSSR count). The van der Waals surface area contributed by atoms with Crippen molar-refractivity contribution in [3.63, 3.8) is 0 Å². The van der Waals surface area contributed by atoms with E-state index in [0.717, 1.165) is 21.7 Å². The molecule has 0 aliphatic rings. The lowest BCUT2D eigenvalue weighted by atomic mass is 10.3. The standard InChI is InChI=1S/C11H10BrNO2/c1-8-6-9(15-13-8)7-14-11-5-3-2-4-10(11)12/h2-6H,7H2,1H3. The molecular formula is C11H10BrNO2. The van der Waals surface area contributed by atoms with Gasteiger partial charge in [0.05, 0.1) is 10.2 Å². The predicted octanol–water partition coefficient (Wildman–Crippen LogP) is 3.32. The zero-order chi connectivity index (χ0) is 10.7. The van der Waals surface area contributed by atoms with Gasteiger partial charge >= 0.3 is 0 Å². The lowest BCUT2D eigenvalue weighted by molar-refractivity contribution is 0.247. The van der Waals surface area contributed by atoms with Crippen LogP contribution in [-0.4, -0.2) is 5.16 Å². The van der Waals surface area contributed by atoms with E-state index >= 15 is 0 Å². The summed E-state index contributed by atoms with van der Waals surface area (Å²) in [5.41, 5.74) is 0.862. The van der Waals surface area contributed by atoms with Crippen molar-refractivity contribution in [1.29, 1.82) is 0 Å². The fourth-order valence-electron chi connectivity index (χ4n) is 1.19. The summed E-state index contributed by atoms with van der Waals surface area (Å²) in [4.78, 5) is 0. The molecule has 1 aromatic carbocycles. The second-order valence-corrected chi connectivity index (χ2v) is 4.01. The lowest BCUT2D eigenvalue weighted by Crippen LogP contribution is -1.94. The average Bonchev–Trinajstić information content (AvgIpc) is 2.63. The van der Waals surface area contributed by atoms with Crippen LogP contribution >= 0.6 is 15.9 Å². The SMILES string of the molecule is Cc1cc(COc2ccccc2Br)on1.